The van der Waals surface area contributed by atoms with Crippen molar-refractivity contribution in [1.29, 1.82) is 0 Å². The lowest BCUT2D eigenvalue weighted by molar-refractivity contribution is -0.122. The number of carbonyl (C=O) groups excluding carboxylic acids is 2. The van der Waals surface area contributed by atoms with Gasteiger partial charge in [0.2, 0.25) is 0 Å². The summed E-state index contributed by atoms with van der Waals surface area (Å²) < 4.78 is 12.7. The summed E-state index contributed by atoms with van der Waals surface area (Å²) in [5.41, 5.74) is 3.06. The molecule has 0 aromatic heterocycles. The molecule has 7 heteroatoms. The molecule has 1 aliphatic heterocycles. The molecule has 38 heavy (non-hydrogen) atoms. The number of amides is 2. The largest absolute Gasteiger partial charge is 0.493 e. The van der Waals surface area contributed by atoms with Crippen LogP contribution in [0.1, 0.15) is 23.1 Å². The van der Waals surface area contributed by atoms with Crippen molar-refractivity contribution >= 4 is 62.3 Å². The van der Waals surface area contributed by atoms with E-state index in [9.17, 15) is 9.59 Å². The number of imide groups is 1. The fourth-order valence-corrected chi connectivity index (χ4v) is 6.11. The molecule has 5 nitrogen and oxygen atoms in total. The molecule has 4 aromatic rings. The van der Waals surface area contributed by atoms with Crippen LogP contribution in [-0.4, -0.2) is 29.7 Å². The van der Waals surface area contributed by atoms with Gasteiger partial charge in [0.05, 0.1) is 15.6 Å². The Kier molecular flexibility index (Phi) is 8.34. The number of ether oxygens (including phenoxy) is 2. The van der Waals surface area contributed by atoms with Crippen molar-refractivity contribution in [3.05, 3.63) is 110 Å². The molecule has 0 unspecified atom stereocenters. The standard InChI is InChI=1S/C31H26INO4S/c1-36-27-18-22(17-26(32)29(27)37-20-24-14-7-13-23-12-5-6-15-25(23)24)19-28-30(34)33(31(35)38-28)16-8-11-21-9-3-2-4-10-21/h2-7,9-10,12-15,17-19H,8,11,16,20H2,1H3/b28-19+. The van der Waals surface area contributed by atoms with Crippen molar-refractivity contribution < 1.29 is 19.1 Å². The maximum absolute atomic E-state index is 13.0. The van der Waals surface area contributed by atoms with Gasteiger partial charge in [-0.25, -0.2) is 0 Å². The number of hydrogen-bond acceptors (Lipinski definition) is 5. The van der Waals surface area contributed by atoms with Crippen LogP contribution in [0.25, 0.3) is 16.8 Å². The van der Waals surface area contributed by atoms with Gasteiger partial charge in [0, 0.05) is 6.54 Å². The number of thioether (sulfide) groups is 1. The normalized spacial score (nSPS) is 14.5. The Hall–Kier alpha value is -3.30. The van der Waals surface area contributed by atoms with Gasteiger partial charge in [0.25, 0.3) is 11.1 Å². The summed E-state index contributed by atoms with van der Waals surface area (Å²) in [6, 6.07) is 28.2. The molecule has 0 aliphatic carbocycles. The molecule has 1 fully saturated rings. The molecule has 0 bridgehead atoms. The summed E-state index contributed by atoms with van der Waals surface area (Å²) in [6.45, 7) is 0.799. The molecule has 0 N–H and O–H groups in total. The zero-order valence-electron chi connectivity index (χ0n) is 20.9. The number of halogens is 1. The van der Waals surface area contributed by atoms with Gasteiger partial charge < -0.3 is 9.47 Å². The van der Waals surface area contributed by atoms with Crippen LogP contribution in [0.3, 0.4) is 0 Å². The lowest BCUT2D eigenvalue weighted by Crippen LogP contribution is -2.29. The topological polar surface area (TPSA) is 55.8 Å². The van der Waals surface area contributed by atoms with Crippen molar-refractivity contribution in [3.8, 4) is 11.5 Å². The first-order chi connectivity index (χ1) is 18.5. The van der Waals surface area contributed by atoms with E-state index in [0.717, 1.165) is 44.7 Å². The number of nitrogens with zero attached hydrogens (tertiary/aromatic N) is 1. The van der Waals surface area contributed by atoms with Gasteiger partial charge in [-0.05, 0) is 92.9 Å². The maximum atomic E-state index is 13.0. The third-order valence-corrected chi connectivity index (χ3v) is 8.07. The molecule has 4 aromatic carbocycles. The van der Waals surface area contributed by atoms with E-state index >= 15 is 0 Å². The number of rotatable bonds is 9. The van der Waals surface area contributed by atoms with Gasteiger partial charge in [0.15, 0.2) is 11.5 Å². The summed E-state index contributed by atoms with van der Waals surface area (Å²) in [7, 11) is 1.60. The third-order valence-electron chi connectivity index (χ3n) is 6.37. The van der Waals surface area contributed by atoms with Crippen LogP contribution in [-0.2, 0) is 17.8 Å². The molecule has 0 atom stereocenters. The predicted octanol–water partition coefficient (Wildman–Crippen LogP) is 7.70. The number of benzene rings is 4. The summed E-state index contributed by atoms with van der Waals surface area (Å²) in [5, 5.41) is 2.09. The third kappa shape index (κ3) is 5.89. The number of hydrogen-bond donors (Lipinski definition) is 0. The first-order valence-electron chi connectivity index (χ1n) is 12.3. The van der Waals surface area contributed by atoms with E-state index < -0.39 is 0 Å². The second-order valence-electron chi connectivity index (χ2n) is 8.88. The van der Waals surface area contributed by atoms with Crippen LogP contribution in [0, 0.1) is 3.57 Å². The van der Waals surface area contributed by atoms with Crippen LogP contribution >= 0.6 is 34.4 Å². The van der Waals surface area contributed by atoms with E-state index in [2.05, 4.69) is 59.0 Å². The lowest BCUT2D eigenvalue weighted by Gasteiger charge is -2.15. The molecule has 1 aliphatic rings. The maximum Gasteiger partial charge on any atom is 0.293 e. The first kappa shape index (κ1) is 26.3. The lowest BCUT2D eigenvalue weighted by atomic mass is 10.1. The minimum absolute atomic E-state index is 0.231. The van der Waals surface area contributed by atoms with Gasteiger partial charge >= 0.3 is 0 Å². The Labute approximate surface area is 240 Å². The molecular formula is C31H26INO4S. The molecule has 0 spiro atoms. The average molecular weight is 636 g/mol. The van der Waals surface area contributed by atoms with E-state index in [1.54, 1.807) is 13.2 Å². The summed E-state index contributed by atoms with van der Waals surface area (Å²) >= 11 is 3.20. The van der Waals surface area contributed by atoms with E-state index in [4.69, 9.17) is 9.47 Å². The number of carbonyl (C=O) groups is 2. The van der Waals surface area contributed by atoms with Crippen LogP contribution in [0.15, 0.2) is 89.8 Å². The minimum Gasteiger partial charge on any atom is -0.493 e. The van der Waals surface area contributed by atoms with E-state index in [1.165, 1.54) is 15.8 Å². The number of methoxy groups -OCH3 is 1. The smallest absolute Gasteiger partial charge is 0.293 e. The van der Waals surface area contributed by atoms with Crippen molar-refractivity contribution in [2.45, 2.75) is 19.4 Å². The quantitative estimate of drug-likeness (QED) is 0.139. The van der Waals surface area contributed by atoms with Crippen LogP contribution in [0.5, 0.6) is 11.5 Å². The highest BCUT2D eigenvalue weighted by atomic mass is 127. The fraction of sp³-hybridized carbons (Fsp3) is 0.161. The van der Waals surface area contributed by atoms with Gasteiger partial charge in [-0.1, -0.05) is 72.8 Å². The predicted molar refractivity (Wildman–Crippen MR) is 161 cm³/mol. The van der Waals surface area contributed by atoms with Crippen LogP contribution < -0.4 is 9.47 Å². The Balaban J connectivity index is 1.29. The second-order valence-corrected chi connectivity index (χ2v) is 11.0. The molecular weight excluding hydrogens is 609 g/mol. The Bertz CT molecular complexity index is 1510. The zero-order valence-corrected chi connectivity index (χ0v) is 23.8. The van der Waals surface area contributed by atoms with Gasteiger partial charge in [0.1, 0.15) is 6.61 Å². The first-order valence-corrected chi connectivity index (χ1v) is 14.2. The van der Waals surface area contributed by atoms with Crippen molar-refractivity contribution in [2.24, 2.45) is 0 Å². The summed E-state index contributed by atoms with van der Waals surface area (Å²) in [5.74, 6) is 0.969. The second kappa shape index (κ2) is 12.0. The molecule has 192 valence electrons. The van der Waals surface area contributed by atoms with E-state index in [-0.39, 0.29) is 11.1 Å². The van der Waals surface area contributed by atoms with E-state index in [0.29, 0.717) is 29.6 Å². The Morgan fingerprint density at radius 1 is 0.947 bits per heavy atom. The Morgan fingerprint density at radius 3 is 2.53 bits per heavy atom. The van der Waals surface area contributed by atoms with Gasteiger partial charge in [-0.3, -0.25) is 14.5 Å². The van der Waals surface area contributed by atoms with E-state index in [1.807, 2.05) is 48.5 Å². The van der Waals surface area contributed by atoms with Crippen LogP contribution in [0.2, 0.25) is 0 Å². The van der Waals surface area contributed by atoms with Gasteiger partial charge in [-0.15, -0.1) is 0 Å². The minimum atomic E-state index is -0.252. The average Bonchev–Trinajstić information content (AvgIpc) is 3.20. The fourth-order valence-electron chi connectivity index (χ4n) is 4.46. The van der Waals surface area contributed by atoms with Crippen molar-refractivity contribution in [1.82, 2.24) is 4.90 Å². The molecule has 2 amide bonds. The SMILES string of the molecule is COc1cc(/C=C2/SC(=O)N(CCCc3ccccc3)C2=O)cc(I)c1OCc1cccc2ccccc12. The van der Waals surface area contributed by atoms with Crippen molar-refractivity contribution in [2.75, 3.05) is 13.7 Å². The molecule has 1 heterocycles. The summed E-state index contributed by atoms with van der Waals surface area (Å²) in [6.07, 6.45) is 3.29. The molecule has 1 saturated heterocycles. The molecule has 0 saturated carbocycles. The monoisotopic (exact) mass is 635 g/mol. The number of fused-ring (bicyclic) bond motifs is 1. The van der Waals surface area contributed by atoms with Crippen molar-refractivity contribution in [3.63, 3.8) is 0 Å². The summed E-state index contributed by atoms with van der Waals surface area (Å²) in [4.78, 5) is 27.3. The molecule has 5 rings (SSSR count). The van der Waals surface area contributed by atoms with Crippen LogP contribution in [0.4, 0.5) is 4.79 Å². The highest BCUT2D eigenvalue weighted by Gasteiger charge is 2.34. The highest BCUT2D eigenvalue weighted by molar-refractivity contribution is 14.1. The highest BCUT2D eigenvalue weighted by Crippen LogP contribution is 2.38. The number of aryl methyl sites for hydroxylation is 1. The van der Waals surface area contributed by atoms with Gasteiger partial charge in [-0.2, -0.15) is 0 Å². The molecule has 0 radical (unpaired) electrons. The Morgan fingerprint density at radius 2 is 1.71 bits per heavy atom. The zero-order chi connectivity index (χ0) is 26.5.